The summed E-state index contributed by atoms with van der Waals surface area (Å²) in [6, 6.07) is 16.2. The normalized spacial score (nSPS) is 10.4. The molecule has 0 fully saturated rings. The summed E-state index contributed by atoms with van der Waals surface area (Å²) in [5.41, 5.74) is 1.66. The number of nitrogens with one attached hydrogen (secondary N) is 2. The molecule has 1 amide bonds. The second-order valence-electron chi connectivity index (χ2n) is 5.09. The molecule has 0 unspecified atom stereocenters. The lowest BCUT2D eigenvalue weighted by molar-refractivity contribution is -0.119. The van der Waals surface area contributed by atoms with Gasteiger partial charge in [0.05, 0.1) is 12.8 Å². The molecule has 0 atom stereocenters. The quantitative estimate of drug-likeness (QED) is 0.707. The van der Waals surface area contributed by atoms with Crippen molar-refractivity contribution in [3.05, 3.63) is 60.3 Å². The molecule has 122 valence electrons. The van der Waals surface area contributed by atoms with Gasteiger partial charge in [0.25, 0.3) is 5.91 Å². The summed E-state index contributed by atoms with van der Waals surface area (Å²) in [6.07, 6.45) is 0. The van der Waals surface area contributed by atoms with Crippen LogP contribution in [0.3, 0.4) is 0 Å². The van der Waals surface area contributed by atoms with Crippen LogP contribution >= 0.6 is 0 Å². The molecule has 0 saturated carbocycles. The predicted octanol–water partition coefficient (Wildman–Crippen LogP) is 2.97. The number of aromatic nitrogens is 1. The number of para-hydroxylation sites is 3. The zero-order chi connectivity index (χ0) is 16.9. The number of carbonyl (C=O) groups is 2. The Labute approximate surface area is 138 Å². The van der Waals surface area contributed by atoms with Crippen LogP contribution < -0.4 is 10.1 Å². The van der Waals surface area contributed by atoms with E-state index in [1.165, 1.54) is 7.11 Å². The standard InChI is InChI=1S/C18H16N2O4/c1-23-16-9-5-4-8-14(16)20-17(21)11-24-18(22)15-10-12-6-2-3-7-13(12)19-15/h2-10,19H,11H2,1H3,(H,20,21). The van der Waals surface area contributed by atoms with Crippen LogP contribution in [0.5, 0.6) is 5.75 Å². The summed E-state index contributed by atoms with van der Waals surface area (Å²) in [5.74, 6) is -0.488. The van der Waals surface area contributed by atoms with Gasteiger partial charge >= 0.3 is 5.97 Å². The van der Waals surface area contributed by atoms with Gasteiger partial charge in [0, 0.05) is 10.9 Å². The molecule has 1 heterocycles. The van der Waals surface area contributed by atoms with Crippen LogP contribution in [0.15, 0.2) is 54.6 Å². The van der Waals surface area contributed by atoms with Gasteiger partial charge in [-0.1, -0.05) is 30.3 Å². The third-order valence-electron chi connectivity index (χ3n) is 3.47. The van der Waals surface area contributed by atoms with Crippen LogP contribution in [0.4, 0.5) is 5.69 Å². The van der Waals surface area contributed by atoms with Gasteiger partial charge in [-0.3, -0.25) is 4.79 Å². The number of esters is 1. The molecular formula is C18H16N2O4. The maximum absolute atomic E-state index is 12.0. The highest BCUT2D eigenvalue weighted by atomic mass is 16.5. The fourth-order valence-electron chi connectivity index (χ4n) is 2.33. The van der Waals surface area contributed by atoms with Gasteiger partial charge in [0.15, 0.2) is 6.61 Å². The van der Waals surface area contributed by atoms with Crippen molar-refractivity contribution in [2.24, 2.45) is 0 Å². The maximum atomic E-state index is 12.0. The Hall–Kier alpha value is -3.28. The molecule has 6 nitrogen and oxygen atoms in total. The van der Waals surface area contributed by atoms with Crippen LogP contribution in [-0.4, -0.2) is 30.6 Å². The minimum absolute atomic E-state index is 0.307. The first-order chi connectivity index (χ1) is 11.7. The number of aromatic amines is 1. The molecule has 0 aliphatic carbocycles. The molecule has 0 radical (unpaired) electrons. The molecule has 1 aromatic heterocycles. The third-order valence-corrected chi connectivity index (χ3v) is 3.47. The summed E-state index contributed by atoms with van der Waals surface area (Å²) in [5, 5.41) is 3.55. The summed E-state index contributed by atoms with van der Waals surface area (Å²) >= 11 is 0. The fourth-order valence-corrected chi connectivity index (χ4v) is 2.33. The number of H-pyrrole nitrogens is 1. The van der Waals surface area contributed by atoms with Crippen molar-refractivity contribution in [3.63, 3.8) is 0 Å². The van der Waals surface area contributed by atoms with Crippen molar-refractivity contribution in [1.82, 2.24) is 4.98 Å². The number of anilines is 1. The lowest BCUT2D eigenvalue weighted by Crippen LogP contribution is -2.21. The van der Waals surface area contributed by atoms with E-state index >= 15 is 0 Å². The zero-order valence-corrected chi connectivity index (χ0v) is 13.0. The average molecular weight is 324 g/mol. The topological polar surface area (TPSA) is 80.4 Å². The smallest absolute Gasteiger partial charge is 0.355 e. The first-order valence-corrected chi connectivity index (χ1v) is 7.35. The molecule has 0 aliphatic rings. The van der Waals surface area contributed by atoms with E-state index in [9.17, 15) is 9.59 Å². The van der Waals surface area contributed by atoms with Gasteiger partial charge in [0.1, 0.15) is 11.4 Å². The number of rotatable bonds is 5. The van der Waals surface area contributed by atoms with Gasteiger partial charge in [0.2, 0.25) is 0 Å². The molecule has 24 heavy (non-hydrogen) atoms. The van der Waals surface area contributed by atoms with E-state index in [-0.39, 0.29) is 6.61 Å². The molecule has 0 spiro atoms. The predicted molar refractivity (Wildman–Crippen MR) is 90.2 cm³/mol. The second-order valence-corrected chi connectivity index (χ2v) is 5.09. The van der Waals surface area contributed by atoms with Crippen molar-refractivity contribution in [2.45, 2.75) is 0 Å². The van der Waals surface area contributed by atoms with E-state index in [0.717, 1.165) is 10.9 Å². The number of hydrogen-bond acceptors (Lipinski definition) is 4. The van der Waals surface area contributed by atoms with Crippen LogP contribution in [0, 0.1) is 0 Å². The first kappa shape index (κ1) is 15.6. The lowest BCUT2D eigenvalue weighted by atomic mass is 10.2. The first-order valence-electron chi connectivity index (χ1n) is 7.35. The lowest BCUT2D eigenvalue weighted by Gasteiger charge is -2.09. The minimum Gasteiger partial charge on any atom is -0.495 e. The molecule has 6 heteroatoms. The molecular weight excluding hydrogens is 308 g/mol. The third kappa shape index (κ3) is 3.38. The highest BCUT2D eigenvalue weighted by Crippen LogP contribution is 2.22. The molecule has 0 bridgehead atoms. The van der Waals surface area contributed by atoms with E-state index in [0.29, 0.717) is 17.1 Å². The van der Waals surface area contributed by atoms with Crippen LogP contribution in [-0.2, 0) is 9.53 Å². The minimum atomic E-state index is -0.582. The molecule has 2 N–H and O–H groups in total. The maximum Gasteiger partial charge on any atom is 0.355 e. The number of fused-ring (bicyclic) bond motifs is 1. The Morgan fingerprint density at radius 1 is 1.08 bits per heavy atom. The number of methoxy groups -OCH3 is 1. The Bertz CT molecular complexity index is 852. The van der Waals surface area contributed by atoms with E-state index in [4.69, 9.17) is 9.47 Å². The van der Waals surface area contributed by atoms with Crippen LogP contribution in [0.1, 0.15) is 10.5 Å². The van der Waals surface area contributed by atoms with E-state index in [1.807, 2.05) is 24.3 Å². The molecule has 0 aliphatic heterocycles. The molecule has 3 aromatic rings. The Kier molecular flexibility index (Phi) is 4.47. The van der Waals surface area contributed by atoms with Crippen molar-refractivity contribution in [1.29, 1.82) is 0 Å². The summed E-state index contributed by atoms with van der Waals surface area (Å²) in [4.78, 5) is 26.9. The number of carbonyl (C=O) groups excluding carboxylic acids is 2. The van der Waals surface area contributed by atoms with Crippen molar-refractivity contribution in [2.75, 3.05) is 19.0 Å². The van der Waals surface area contributed by atoms with Gasteiger partial charge in [-0.05, 0) is 24.3 Å². The molecule has 0 saturated heterocycles. The Balaban J connectivity index is 1.60. The van der Waals surface area contributed by atoms with Crippen molar-refractivity contribution in [3.8, 4) is 5.75 Å². The Morgan fingerprint density at radius 3 is 2.62 bits per heavy atom. The number of hydrogen-bond donors (Lipinski definition) is 2. The van der Waals surface area contributed by atoms with E-state index in [1.54, 1.807) is 30.3 Å². The largest absolute Gasteiger partial charge is 0.495 e. The number of benzene rings is 2. The Morgan fingerprint density at radius 2 is 1.83 bits per heavy atom. The van der Waals surface area contributed by atoms with Crippen molar-refractivity contribution < 1.29 is 19.1 Å². The average Bonchev–Trinajstić information content (AvgIpc) is 3.04. The zero-order valence-electron chi connectivity index (χ0n) is 13.0. The highest BCUT2D eigenvalue weighted by Gasteiger charge is 2.14. The SMILES string of the molecule is COc1ccccc1NC(=O)COC(=O)c1cc2ccccc2[nH]1. The number of ether oxygens (including phenoxy) is 2. The molecule has 2 aromatic carbocycles. The summed E-state index contributed by atoms with van der Waals surface area (Å²) in [7, 11) is 1.51. The summed E-state index contributed by atoms with van der Waals surface area (Å²) in [6.45, 7) is -0.383. The van der Waals surface area contributed by atoms with E-state index in [2.05, 4.69) is 10.3 Å². The summed E-state index contributed by atoms with van der Waals surface area (Å²) < 4.78 is 10.2. The van der Waals surface area contributed by atoms with E-state index < -0.39 is 11.9 Å². The fraction of sp³-hybridized carbons (Fsp3) is 0.111. The van der Waals surface area contributed by atoms with Gasteiger partial charge in [-0.2, -0.15) is 0 Å². The van der Waals surface area contributed by atoms with Gasteiger partial charge in [-0.25, -0.2) is 4.79 Å². The van der Waals surface area contributed by atoms with Gasteiger partial charge < -0.3 is 19.8 Å². The highest BCUT2D eigenvalue weighted by molar-refractivity contribution is 5.98. The van der Waals surface area contributed by atoms with Crippen LogP contribution in [0.25, 0.3) is 10.9 Å². The van der Waals surface area contributed by atoms with Gasteiger partial charge in [-0.15, -0.1) is 0 Å². The monoisotopic (exact) mass is 324 g/mol. The number of amides is 1. The van der Waals surface area contributed by atoms with Crippen molar-refractivity contribution >= 4 is 28.5 Å². The van der Waals surface area contributed by atoms with Crippen LogP contribution in [0.2, 0.25) is 0 Å². The molecule has 3 rings (SSSR count). The second kappa shape index (κ2) is 6.87.